The van der Waals surface area contributed by atoms with Crippen molar-refractivity contribution in [3.8, 4) is 0 Å². The molecule has 0 aromatic rings. The maximum atomic E-state index is 11.7. The molecule has 7 heteroatoms. The lowest BCUT2D eigenvalue weighted by atomic mass is 10.2. The Morgan fingerprint density at radius 3 is 2.62 bits per heavy atom. The third kappa shape index (κ3) is 1.10. The lowest BCUT2D eigenvalue weighted by Gasteiger charge is -2.14. The lowest BCUT2D eigenvalue weighted by Crippen LogP contribution is -2.32. The number of rotatable bonds is 0. The molecule has 0 N–H and O–H groups in total. The van der Waals surface area contributed by atoms with E-state index < -0.39 is 18.6 Å². The highest BCUT2D eigenvalue weighted by Crippen LogP contribution is 2.47. The Bertz CT molecular complexity index is 364. The second kappa shape index (κ2) is 2.77. The standard InChI is InChI=1S/C6H7Br2NO3S/c7-6(8)5(10)4-2-1-3-9(4)13(6,11)12/h4H,1-3H2. The van der Waals surface area contributed by atoms with Crippen molar-refractivity contribution in [3.63, 3.8) is 0 Å². The highest BCUT2D eigenvalue weighted by molar-refractivity contribution is 9.28. The summed E-state index contributed by atoms with van der Waals surface area (Å²) >= 11 is 5.84. The van der Waals surface area contributed by atoms with E-state index >= 15 is 0 Å². The zero-order chi connectivity index (χ0) is 9.85. The average molecular weight is 333 g/mol. The van der Waals surface area contributed by atoms with Crippen molar-refractivity contribution in [1.29, 1.82) is 0 Å². The van der Waals surface area contributed by atoms with E-state index in [0.717, 1.165) is 6.42 Å². The maximum Gasteiger partial charge on any atom is 0.254 e. The van der Waals surface area contributed by atoms with E-state index in [4.69, 9.17) is 0 Å². The third-order valence-electron chi connectivity index (χ3n) is 2.43. The van der Waals surface area contributed by atoms with Crippen LogP contribution in [0.2, 0.25) is 0 Å². The molecule has 0 radical (unpaired) electrons. The zero-order valence-electron chi connectivity index (χ0n) is 6.53. The second-order valence-electron chi connectivity index (χ2n) is 3.15. The van der Waals surface area contributed by atoms with Gasteiger partial charge in [0.25, 0.3) is 2.57 Å². The average Bonchev–Trinajstić information content (AvgIpc) is 2.53. The van der Waals surface area contributed by atoms with Crippen LogP contribution in [0.4, 0.5) is 0 Å². The molecule has 4 nitrogen and oxygen atoms in total. The molecule has 2 saturated heterocycles. The number of hydrogen-bond donors (Lipinski definition) is 0. The molecule has 0 amide bonds. The Labute approximate surface area is 93.0 Å². The minimum atomic E-state index is -3.53. The van der Waals surface area contributed by atoms with Crippen LogP contribution in [0.15, 0.2) is 0 Å². The Kier molecular flexibility index (Phi) is 2.15. The van der Waals surface area contributed by atoms with Crippen molar-refractivity contribution < 1.29 is 13.2 Å². The van der Waals surface area contributed by atoms with Gasteiger partial charge in [-0.1, -0.05) is 0 Å². The topological polar surface area (TPSA) is 54.5 Å². The summed E-state index contributed by atoms with van der Waals surface area (Å²) in [6.45, 7) is 0.456. The van der Waals surface area contributed by atoms with Crippen molar-refractivity contribution >= 4 is 47.7 Å². The molecule has 2 aliphatic heterocycles. The number of alkyl halides is 2. The van der Waals surface area contributed by atoms with Gasteiger partial charge >= 0.3 is 0 Å². The molecule has 2 rings (SSSR count). The first-order valence-electron chi connectivity index (χ1n) is 3.82. The highest BCUT2D eigenvalue weighted by atomic mass is 79.9. The van der Waals surface area contributed by atoms with Crippen molar-refractivity contribution in [2.45, 2.75) is 21.4 Å². The first-order chi connectivity index (χ1) is 5.89. The molecule has 0 bridgehead atoms. The molecule has 74 valence electrons. The fourth-order valence-corrected chi connectivity index (χ4v) is 4.99. The minimum Gasteiger partial charge on any atom is -0.294 e. The third-order valence-corrected chi connectivity index (χ3v) is 7.57. The van der Waals surface area contributed by atoms with Crippen LogP contribution in [0.5, 0.6) is 0 Å². The number of ketones is 1. The van der Waals surface area contributed by atoms with Gasteiger partial charge in [-0.25, -0.2) is 8.42 Å². The van der Waals surface area contributed by atoms with Gasteiger partial charge in [0.05, 0.1) is 6.04 Å². The van der Waals surface area contributed by atoms with Gasteiger partial charge in [-0.3, -0.25) is 4.79 Å². The van der Waals surface area contributed by atoms with Gasteiger partial charge in [-0.15, -0.1) is 0 Å². The van der Waals surface area contributed by atoms with E-state index in [1.54, 1.807) is 0 Å². The molecule has 2 heterocycles. The number of Topliss-reactive ketones (excluding diaryl/α,β-unsaturated/α-hetero) is 1. The van der Waals surface area contributed by atoms with E-state index in [-0.39, 0.29) is 5.78 Å². The van der Waals surface area contributed by atoms with E-state index in [1.807, 2.05) is 0 Å². The van der Waals surface area contributed by atoms with Crippen LogP contribution in [-0.2, 0) is 14.8 Å². The number of carbonyl (C=O) groups is 1. The van der Waals surface area contributed by atoms with E-state index in [2.05, 4.69) is 31.9 Å². The van der Waals surface area contributed by atoms with Crippen LogP contribution < -0.4 is 0 Å². The maximum absolute atomic E-state index is 11.7. The Morgan fingerprint density at radius 1 is 1.46 bits per heavy atom. The van der Waals surface area contributed by atoms with Gasteiger partial charge in [-0.05, 0) is 44.7 Å². The van der Waals surface area contributed by atoms with Crippen LogP contribution >= 0.6 is 31.9 Å². The molecular formula is C6H7Br2NO3S. The quantitative estimate of drug-likeness (QED) is 0.617. The molecular weight excluding hydrogens is 326 g/mol. The predicted molar refractivity (Wildman–Crippen MR) is 54.2 cm³/mol. The molecule has 0 saturated carbocycles. The molecule has 0 aromatic carbocycles. The number of hydrogen-bond acceptors (Lipinski definition) is 3. The largest absolute Gasteiger partial charge is 0.294 e. The molecule has 2 fully saturated rings. The van der Waals surface area contributed by atoms with E-state index in [0.29, 0.717) is 13.0 Å². The monoisotopic (exact) mass is 331 g/mol. The smallest absolute Gasteiger partial charge is 0.254 e. The molecule has 1 atom stereocenters. The number of fused-ring (bicyclic) bond motifs is 1. The molecule has 1 unspecified atom stereocenters. The van der Waals surface area contributed by atoms with Crippen molar-refractivity contribution in [1.82, 2.24) is 4.31 Å². The normalized spacial score (nSPS) is 36.5. The summed E-state index contributed by atoms with van der Waals surface area (Å²) in [5, 5.41) is 0. The molecule has 0 spiro atoms. The van der Waals surface area contributed by atoms with Gasteiger partial charge in [0, 0.05) is 6.54 Å². The van der Waals surface area contributed by atoms with E-state index in [1.165, 1.54) is 4.31 Å². The van der Waals surface area contributed by atoms with Gasteiger partial charge in [0.15, 0.2) is 5.78 Å². The van der Waals surface area contributed by atoms with Gasteiger partial charge in [-0.2, -0.15) is 4.31 Å². The fourth-order valence-electron chi connectivity index (χ4n) is 1.76. The highest BCUT2D eigenvalue weighted by Gasteiger charge is 2.62. The van der Waals surface area contributed by atoms with Crippen LogP contribution in [-0.4, -0.2) is 33.7 Å². The summed E-state index contributed by atoms with van der Waals surface area (Å²) in [6.07, 6.45) is 1.41. The van der Waals surface area contributed by atoms with Crippen LogP contribution in [0.3, 0.4) is 0 Å². The van der Waals surface area contributed by atoms with Crippen LogP contribution in [0.1, 0.15) is 12.8 Å². The molecule has 13 heavy (non-hydrogen) atoms. The minimum absolute atomic E-state index is 0.301. The van der Waals surface area contributed by atoms with Gasteiger partial charge < -0.3 is 0 Å². The van der Waals surface area contributed by atoms with Crippen molar-refractivity contribution in [2.24, 2.45) is 0 Å². The Balaban J connectivity index is 2.56. The predicted octanol–water partition coefficient (Wildman–Crippen LogP) is 0.807. The SMILES string of the molecule is O=C1C2CCCN2S(=O)(=O)C1(Br)Br. The van der Waals surface area contributed by atoms with Crippen LogP contribution in [0.25, 0.3) is 0 Å². The summed E-state index contributed by atoms with van der Waals surface area (Å²) in [7, 11) is -3.53. The van der Waals surface area contributed by atoms with Gasteiger partial charge in [0.1, 0.15) is 0 Å². The molecule has 0 aliphatic carbocycles. The lowest BCUT2D eigenvalue weighted by molar-refractivity contribution is -0.119. The van der Waals surface area contributed by atoms with Crippen molar-refractivity contribution in [3.05, 3.63) is 0 Å². The van der Waals surface area contributed by atoms with Crippen molar-refractivity contribution in [2.75, 3.05) is 6.54 Å². The number of nitrogens with zero attached hydrogens (tertiary/aromatic N) is 1. The molecule has 2 aliphatic rings. The van der Waals surface area contributed by atoms with Crippen LogP contribution in [0, 0.1) is 0 Å². The summed E-state index contributed by atoms with van der Waals surface area (Å²) < 4.78 is 23.1. The summed E-state index contributed by atoms with van der Waals surface area (Å²) in [5.74, 6) is -0.301. The summed E-state index contributed by atoms with van der Waals surface area (Å²) in [4.78, 5) is 11.6. The first-order valence-corrected chi connectivity index (χ1v) is 6.85. The second-order valence-corrected chi connectivity index (χ2v) is 9.68. The number of carbonyl (C=O) groups excluding carboxylic acids is 1. The Morgan fingerprint density at radius 2 is 2.08 bits per heavy atom. The number of sulfonamides is 1. The zero-order valence-corrected chi connectivity index (χ0v) is 10.5. The first kappa shape index (κ1) is 10.1. The summed E-state index contributed by atoms with van der Waals surface area (Å²) in [6, 6.07) is -0.455. The van der Waals surface area contributed by atoms with Gasteiger partial charge in [0.2, 0.25) is 10.0 Å². The summed E-state index contributed by atoms with van der Waals surface area (Å²) in [5.41, 5.74) is 0. The van der Waals surface area contributed by atoms with E-state index in [9.17, 15) is 13.2 Å². The number of halogens is 2. The fraction of sp³-hybridized carbons (Fsp3) is 0.833. The Hall–Kier alpha value is 0.540. The molecule has 0 aromatic heterocycles.